The van der Waals surface area contributed by atoms with Gasteiger partial charge in [0.05, 0.1) is 16.4 Å². The number of halogens is 1. The molecule has 1 aliphatic carbocycles. The third-order valence-electron chi connectivity index (χ3n) is 4.43. The predicted octanol–water partition coefficient (Wildman–Crippen LogP) is 4.03. The average molecular weight is 298 g/mol. The Morgan fingerprint density at radius 2 is 1.85 bits per heavy atom. The predicted molar refractivity (Wildman–Crippen MR) is 85.1 cm³/mol. The van der Waals surface area contributed by atoms with E-state index < -0.39 is 0 Å². The van der Waals surface area contributed by atoms with Gasteiger partial charge in [0.2, 0.25) is 0 Å². The van der Waals surface area contributed by atoms with Crippen molar-refractivity contribution >= 4 is 11.6 Å². The van der Waals surface area contributed by atoms with E-state index in [0.717, 1.165) is 47.8 Å². The van der Waals surface area contributed by atoms with Crippen molar-refractivity contribution in [2.45, 2.75) is 72.5 Å². The first kappa shape index (κ1) is 15.8. The van der Waals surface area contributed by atoms with Crippen molar-refractivity contribution in [2.75, 3.05) is 0 Å². The summed E-state index contributed by atoms with van der Waals surface area (Å²) in [7, 11) is 0. The van der Waals surface area contributed by atoms with Gasteiger partial charge in [0.25, 0.3) is 0 Å². The summed E-state index contributed by atoms with van der Waals surface area (Å²) in [5.74, 6) is 1.66. The van der Waals surface area contributed by atoms with Crippen LogP contribution in [0.3, 0.4) is 0 Å². The Kier molecular flexibility index (Phi) is 5.50. The molecule has 2 atom stereocenters. The fraction of sp³-hybridized carbons (Fsp3) is 0.812. The van der Waals surface area contributed by atoms with Gasteiger partial charge in [0.1, 0.15) is 0 Å². The molecule has 1 aromatic rings. The number of nitrogens with one attached hydrogen (secondary N) is 1. The summed E-state index contributed by atoms with van der Waals surface area (Å²) < 4.78 is 2.05. The van der Waals surface area contributed by atoms with Crippen molar-refractivity contribution in [3.05, 3.63) is 16.4 Å². The molecule has 20 heavy (non-hydrogen) atoms. The zero-order chi connectivity index (χ0) is 14.7. The van der Waals surface area contributed by atoms with Crippen molar-refractivity contribution in [2.24, 2.45) is 11.8 Å². The second-order valence-electron chi connectivity index (χ2n) is 6.37. The highest BCUT2D eigenvalue weighted by molar-refractivity contribution is 6.31. The van der Waals surface area contributed by atoms with Gasteiger partial charge in [-0.25, -0.2) is 0 Å². The molecule has 0 radical (unpaired) electrons. The Morgan fingerprint density at radius 1 is 1.20 bits per heavy atom. The number of nitrogens with zero attached hydrogens (tertiary/aromatic N) is 2. The molecule has 114 valence electrons. The lowest BCUT2D eigenvalue weighted by atomic mass is 9.80. The van der Waals surface area contributed by atoms with Crippen molar-refractivity contribution in [1.82, 2.24) is 15.1 Å². The number of aryl methyl sites for hydroxylation is 2. The van der Waals surface area contributed by atoms with Crippen LogP contribution >= 0.6 is 11.6 Å². The van der Waals surface area contributed by atoms with Gasteiger partial charge in [-0.05, 0) is 44.4 Å². The van der Waals surface area contributed by atoms with Crippen LogP contribution in [0.15, 0.2) is 0 Å². The SMILES string of the molecule is CCc1nn(CC)c(CNC2CC(C)CC(C)C2)c1Cl. The Balaban J connectivity index is 2.01. The minimum absolute atomic E-state index is 0.620. The van der Waals surface area contributed by atoms with E-state index in [1.54, 1.807) is 0 Å². The molecule has 2 unspecified atom stereocenters. The molecule has 1 aliphatic rings. The zero-order valence-electron chi connectivity index (χ0n) is 13.2. The summed E-state index contributed by atoms with van der Waals surface area (Å²) in [6.45, 7) is 10.7. The summed E-state index contributed by atoms with van der Waals surface area (Å²) in [5.41, 5.74) is 2.17. The lowest BCUT2D eigenvalue weighted by Crippen LogP contribution is -2.36. The van der Waals surface area contributed by atoms with E-state index in [4.69, 9.17) is 11.6 Å². The van der Waals surface area contributed by atoms with E-state index in [9.17, 15) is 0 Å². The maximum absolute atomic E-state index is 6.46. The molecule has 0 bridgehead atoms. The van der Waals surface area contributed by atoms with E-state index in [1.807, 2.05) is 4.68 Å². The van der Waals surface area contributed by atoms with Crippen LogP contribution in [0.1, 0.15) is 58.3 Å². The molecule has 4 heteroatoms. The fourth-order valence-electron chi connectivity index (χ4n) is 3.54. The van der Waals surface area contributed by atoms with Gasteiger partial charge < -0.3 is 5.32 Å². The Morgan fingerprint density at radius 3 is 2.40 bits per heavy atom. The molecular weight excluding hydrogens is 270 g/mol. The maximum atomic E-state index is 6.46. The van der Waals surface area contributed by atoms with E-state index in [2.05, 4.69) is 38.1 Å². The molecule has 1 N–H and O–H groups in total. The smallest absolute Gasteiger partial charge is 0.0863 e. The monoisotopic (exact) mass is 297 g/mol. The van der Waals surface area contributed by atoms with Crippen LogP contribution in [-0.4, -0.2) is 15.8 Å². The molecular formula is C16H28ClN3. The fourth-order valence-corrected chi connectivity index (χ4v) is 3.88. The second-order valence-corrected chi connectivity index (χ2v) is 6.75. The number of aromatic nitrogens is 2. The highest BCUT2D eigenvalue weighted by atomic mass is 35.5. The second kappa shape index (κ2) is 6.95. The molecule has 0 spiro atoms. The highest BCUT2D eigenvalue weighted by Crippen LogP contribution is 2.29. The van der Waals surface area contributed by atoms with Crippen LogP contribution in [-0.2, 0) is 19.5 Å². The number of hydrogen-bond acceptors (Lipinski definition) is 2. The summed E-state index contributed by atoms with van der Waals surface area (Å²) in [6.07, 6.45) is 4.83. The molecule has 0 amide bonds. The minimum atomic E-state index is 0.620. The summed E-state index contributed by atoms with van der Waals surface area (Å²) in [6, 6.07) is 0.620. The molecule has 1 heterocycles. The molecule has 1 saturated carbocycles. The molecule has 0 aliphatic heterocycles. The molecule has 1 fully saturated rings. The first-order valence-electron chi connectivity index (χ1n) is 8.02. The molecule has 3 nitrogen and oxygen atoms in total. The molecule has 2 rings (SSSR count). The largest absolute Gasteiger partial charge is 0.308 e. The van der Waals surface area contributed by atoms with Crippen molar-refractivity contribution in [1.29, 1.82) is 0 Å². The van der Waals surface area contributed by atoms with Crippen LogP contribution in [0.2, 0.25) is 5.02 Å². The Hall–Kier alpha value is -0.540. The van der Waals surface area contributed by atoms with E-state index >= 15 is 0 Å². The standard InChI is InChI=1S/C16H28ClN3/c1-5-14-16(17)15(20(6-2)19-14)10-18-13-8-11(3)7-12(4)9-13/h11-13,18H,5-10H2,1-4H3. The van der Waals surface area contributed by atoms with Gasteiger partial charge in [-0.2, -0.15) is 5.10 Å². The van der Waals surface area contributed by atoms with Crippen LogP contribution in [0.25, 0.3) is 0 Å². The van der Waals surface area contributed by atoms with Crippen LogP contribution in [0.5, 0.6) is 0 Å². The van der Waals surface area contributed by atoms with E-state index in [-0.39, 0.29) is 0 Å². The first-order chi connectivity index (χ1) is 9.55. The van der Waals surface area contributed by atoms with E-state index in [0.29, 0.717) is 6.04 Å². The normalized spacial score (nSPS) is 26.9. The quantitative estimate of drug-likeness (QED) is 0.889. The first-order valence-corrected chi connectivity index (χ1v) is 8.40. The van der Waals surface area contributed by atoms with Gasteiger partial charge in [-0.1, -0.05) is 32.4 Å². The topological polar surface area (TPSA) is 29.9 Å². The van der Waals surface area contributed by atoms with Crippen LogP contribution in [0, 0.1) is 11.8 Å². The minimum Gasteiger partial charge on any atom is -0.308 e. The van der Waals surface area contributed by atoms with Gasteiger partial charge >= 0.3 is 0 Å². The molecule has 0 saturated heterocycles. The van der Waals surface area contributed by atoms with Gasteiger partial charge in [0, 0.05) is 19.1 Å². The number of hydrogen-bond donors (Lipinski definition) is 1. The summed E-state index contributed by atoms with van der Waals surface area (Å²) in [5, 5.41) is 9.15. The van der Waals surface area contributed by atoms with Crippen LogP contribution in [0.4, 0.5) is 0 Å². The Labute approximate surface area is 128 Å². The third-order valence-corrected chi connectivity index (χ3v) is 4.87. The summed E-state index contributed by atoms with van der Waals surface area (Å²) >= 11 is 6.46. The number of rotatable bonds is 5. The van der Waals surface area contributed by atoms with Gasteiger partial charge in [0.15, 0.2) is 0 Å². The van der Waals surface area contributed by atoms with Crippen molar-refractivity contribution in [3.63, 3.8) is 0 Å². The maximum Gasteiger partial charge on any atom is 0.0863 e. The van der Waals surface area contributed by atoms with Gasteiger partial charge in [-0.15, -0.1) is 0 Å². The lowest BCUT2D eigenvalue weighted by molar-refractivity contribution is 0.237. The summed E-state index contributed by atoms with van der Waals surface area (Å²) in [4.78, 5) is 0. The Bertz CT molecular complexity index is 431. The van der Waals surface area contributed by atoms with E-state index in [1.165, 1.54) is 19.3 Å². The zero-order valence-corrected chi connectivity index (χ0v) is 14.0. The highest BCUT2D eigenvalue weighted by Gasteiger charge is 2.24. The van der Waals surface area contributed by atoms with Gasteiger partial charge in [-0.3, -0.25) is 4.68 Å². The molecule has 0 aromatic carbocycles. The van der Waals surface area contributed by atoms with Crippen molar-refractivity contribution in [3.8, 4) is 0 Å². The van der Waals surface area contributed by atoms with Crippen molar-refractivity contribution < 1.29 is 0 Å². The van der Waals surface area contributed by atoms with Crippen LogP contribution < -0.4 is 5.32 Å². The molecule has 1 aromatic heterocycles. The third kappa shape index (κ3) is 3.56. The average Bonchev–Trinajstić information content (AvgIpc) is 2.71. The lowest BCUT2D eigenvalue weighted by Gasteiger charge is -2.32.